The predicted octanol–water partition coefficient (Wildman–Crippen LogP) is 8.31. The number of carboxylic acids is 1. The molecule has 208 valence electrons. The number of fused-ring (bicyclic) bond motifs is 1. The van der Waals surface area contributed by atoms with E-state index in [1.165, 1.54) is 21.0 Å². The smallest absolute Gasteiger partial charge is 0.345 e. The summed E-state index contributed by atoms with van der Waals surface area (Å²) >= 11 is 1.73. The van der Waals surface area contributed by atoms with Crippen molar-refractivity contribution in [2.45, 2.75) is 18.9 Å². The molecule has 0 amide bonds. The Morgan fingerprint density at radius 2 is 1.33 bits per heavy atom. The van der Waals surface area contributed by atoms with Gasteiger partial charge < -0.3 is 20.1 Å². The minimum absolute atomic E-state index is 0.120. The van der Waals surface area contributed by atoms with Gasteiger partial charge in [0.1, 0.15) is 5.75 Å². The lowest BCUT2D eigenvalue weighted by atomic mass is 9.96. The molecule has 6 rings (SSSR count). The van der Waals surface area contributed by atoms with Gasteiger partial charge in [-0.15, -0.1) is 11.3 Å². The predicted molar refractivity (Wildman–Crippen MR) is 167 cm³/mol. The van der Waals surface area contributed by atoms with Gasteiger partial charge in [0.15, 0.2) is 17.6 Å². The largest absolute Gasteiger partial charge is 0.504 e. The second-order valence-corrected chi connectivity index (χ2v) is 11.3. The molecular formula is C36H28O5S. The number of hydrogen-bond acceptors (Lipinski definition) is 5. The number of benzene rings is 5. The highest BCUT2D eigenvalue weighted by Crippen LogP contribution is 2.41. The number of rotatable bonds is 9. The summed E-state index contributed by atoms with van der Waals surface area (Å²) in [4.78, 5) is 13.0. The Hall–Kier alpha value is -5.07. The summed E-state index contributed by atoms with van der Waals surface area (Å²) in [6.07, 6.45) is -0.0578. The quantitative estimate of drug-likeness (QED) is 0.152. The molecule has 5 nitrogen and oxygen atoms in total. The Balaban J connectivity index is 1.23. The molecule has 0 saturated heterocycles. The van der Waals surface area contributed by atoms with Crippen LogP contribution in [-0.2, 0) is 17.6 Å². The molecule has 6 heteroatoms. The summed E-state index contributed by atoms with van der Waals surface area (Å²) < 4.78 is 7.02. The number of aromatic hydroxyl groups is 2. The minimum Gasteiger partial charge on any atom is -0.504 e. The van der Waals surface area contributed by atoms with Crippen LogP contribution in [0.15, 0.2) is 121 Å². The van der Waals surface area contributed by atoms with Gasteiger partial charge in [-0.05, 0) is 58.1 Å². The lowest BCUT2D eigenvalue weighted by Crippen LogP contribution is -2.29. The molecule has 0 spiro atoms. The third kappa shape index (κ3) is 5.85. The standard InChI is InChI=1S/C36H28O5S/c37-30-19-10-24(20-31(30)38)22-34-35(29-8-4-5-9-33(29)42-34)27-13-11-25(12-14-27)26-15-17-28(18-16-26)41-32(36(39)40)21-23-6-2-1-3-7-23/h1-20,32,37-38H,21-22H2,(H,39,40)/t32-/m1/s1. The fraction of sp³-hybridized carbons (Fsp3) is 0.0833. The first kappa shape index (κ1) is 27.1. The first-order chi connectivity index (χ1) is 20.4. The van der Waals surface area contributed by atoms with E-state index in [4.69, 9.17) is 4.74 Å². The van der Waals surface area contributed by atoms with Crippen LogP contribution in [-0.4, -0.2) is 27.4 Å². The van der Waals surface area contributed by atoms with E-state index < -0.39 is 12.1 Å². The molecular weight excluding hydrogens is 544 g/mol. The van der Waals surface area contributed by atoms with Gasteiger partial charge in [-0.3, -0.25) is 0 Å². The molecule has 0 saturated carbocycles. The molecule has 0 aliphatic carbocycles. The number of carboxylic acid groups (broad SMARTS) is 1. The van der Waals surface area contributed by atoms with E-state index in [9.17, 15) is 20.1 Å². The number of thiophene rings is 1. The fourth-order valence-electron chi connectivity index (χ4n) is 5.13. The van der Waals surface area contributed by atoms with Crippen LogP contribution in [0.3, 0.4) is 0 Å². The van der Waals surface area contributed by atoms with Gasteiger partial charge in [0.25, 0.3) is 0 Å². The van der Waals surface area contributed by atoms with Crippen LogP contribution < -0.4 is 4.74 Å². The summed E-state index contributed by atoms with van der Waals surface area (Å²) in [5.41, 5.74) is 6.12. The van der Waals surface area contributed by atoms with Gasteiger partial charge in [-0.1, -0.05) is 91.0 Å². The van der Waals surface area contributed by atoms with E-state index in [-0.39, 0.29) is 17.9 Å². The Labute approximate surface area is 247 Å². The van der Waals surface area contributed by atoms with Crippen molar-refractivity contribution < 1.29 is 24.9 Å². The lowest BCUT2D eigenvalue weighted by Gasteiger charge is -2.15. The van der Waals surface area contributed by atoms with Crippen LogP contribution in [0.5, 0.6) is 17.2 Å². The molecule has 1 aromatic heterocycles. The van der Waals surface area contributed by atoms with Crippen molar-refractivity contribution in [2.75, 3.05) is 0 Å². The fourth-order valence-corrected chi connectivity index (χ4v) is 6.39. The molecule has 3 N–H and O–H groups in total. The van der Waals surface area contributed by atoms with Crippen molar-refractivity contribution in [3.05, 3.63) is 137 Å². The van der Waals surface area contributed by atoms with Crippen LogP contribution in [0, 0.1) is 0 Å². The zero-order valence-corrected chi connectivity index (χ0v) is 23.4. The maximum Gasteiger partial charge on any atom is 0.345 e. The Morgan fingerprint density at radius 1 is 0.690 bits per heavy atom. The normalized spacial score (nSPS) is 11.8. The number of ether oxygens (including phenoxy) is 1. The van der Waals surface area contributed by atoms with E-state index in [2.05, 4.69) is 36.4 Å². The van der Waals surface area contributed by atoms with Gasteiger partial charge in [0.2, 0.25) is 0 Å². The Kier molecular flexibility index (Phi) is 7.62. The van der Waals surface area contributed by atoms with Crippen molar-refractivity contribution in [3.63, 3.8) is 0 Å². The average Bonchev–Trinajstić information content (AvgIpc) is 3.37. The first-order valence-corrected chi connectivity index (χ1v) is 14.4. The zero-order chi connectivity index (χ0) is 29.1. The summed E-state index contributed by atoms with van der Waals surface area (Å²) in [6, 6.07) is 38.7. The van der Waals surface area contributed by atoms with Crippen LogP contribution in [0.1, 0.15) is 16.0 Å². The molecule has 0 unspecified atom stereocenters. The Morgan fingerprint density at radius 3 is 2.02 bits per heavy atom. The van der Waals surface area contributed by atoms with E-state index in [0.717, 1.165) is 33.4 Å². The van der Waals surface area contributed by atoms with E-state index in [1.54, 1.807) is 17.4 Å². The highest BCUT2D eigenvalue weighted by Gasteiger charge is 2.20. The van der Waals surface area contributed by atoms with Crippen molar-refractivity contribution in [1.82, 2.24) is 0 Å². The van der Waals surface area contributed by atoms with Crippen LogP contribution >= 0.6 is 11.3 Å². The third-order valence-corrected chi connectivity index (χ3v) is 8.42. The van der Waals surface area contributed by atoms with Gasteiger partial charge in [-0.25, -0.2) is 4.79 Å². The molecule has 42 heavy (non-hydrogen) atoms. The highest BCUT2D eigenvalue weighted by molar-refractivity contribution is 7.19. The maximum absolute atomic E-state index is 11.8. The van der Waals surface area contributed by atoms with Crippen molar-refractivity contribution in [3.8, 4) is 39.5 Å². The average molecular weight is 573 g/mol. The SMILES string of the molecule is O=C(O)[C@@H](Cc1ccccc1)Oc1ccc(-c2ccc(-c3c(Cc4ccc(O)c(O)c4)sc4ccccc34)cc2)cc1. The van der Waals surface area contributed by atoms with E-state index in [1.807, 2.05) is 72.8 Å². The van der Waals surface area contributed by atoms with E-state index >= 15 is 0 Å². The topological polar surface area (TPSA) is 87.0 Å². The number of aliphatic carboxylic acids is 1. The monoisotopic (exact) mass is 572 g/mol. The summed E-state index contributed by atoms with van der Waals surface area (Å²) in [7, 11) is 0. The van der Waals surface area contributed by atoms with E-state index in [0.29, 0.717) is 12.2 Å². The molecule has 1 atom stereocenters. The third-order valence-electron chi connectivity index (χ3n) is 7.25. The molecule has 0 fully saturated rings. The summed E-state index contributed by atoms with van der Waals surface area (Å²) in [5, 5.41) is 30.6. The summed E-state index contributed by atoms with van der Waals surface area (Å²) in [5.74, 6) is -0.737. The number of phenols is 2. The Bertz CT molecular complexity index is 1840. The number of carbonyl (C=O) groups is 1. The van der Waals surface area contributed by atoms with Gasteiger partial charge in [0, 0.05) is 33.4 Å². The lowest BCUT2D eigenvalue weighted by molar-refractivity contribution is -0.145. The van der Waals surface area contributed by atoms with Crippen LogP contribution in [0.2, 0.25) is 0 Å². The first-order valence-electron chi connectivity index (χ1n) is 13.6. The van der Waals surface area contributed by atoms with Gasteiger partial charge in [-0.2, -0.15) is 0 Å². The zero-order valence-electron chi connectivity index (χ0n) is 22.6. The van der Waals surface area contributed by atoms with Gasteiger partial charge in [0.05, 0.1) is 0 Å². The van der Waals surface area contributed by atoms with Gasteiger partial charge >= 0.3 is 5.97 Å². The molecule has 0 bridgehead atoms. The minimum atomic E-state index is -0.999. The molecule has 6 aromatic rings. The van der Waals surface area contributed by atoms with Crippen molar-refractivity contribution >= 4 is 27.4 Å². The van der Waals surface area contributed by atoms with Crippen LogP contribution in [0.4, 0.5) is 0 Å². The number of hydrogen-bond donors (Lipinski definition) is 3. The molecule has 0 radical (unpaired) electrons. The number of phenolic OH excluding ortho intramolecular Hbond substituents is 2. The summed E-state index contributed by atoms with van der Waals surface area (Å²) in [6.45, 7) is 0. The van der Waals surface area contributed by atoms with Crippen molar-refractivity contribution in [1.29, 1.82) is 0 Å². The molecule has 5 aromatic carbocycles. The second kappa shape index (κ2) is 11.8. The maximum atomic E-state index is 11.8. The molecule has 0 aliphatic heterocycles. The van der Waals surface area contributed by atoms with Crippen LogP contribution in [0.25, 0.3) is 32.3 Å². The second-order valence-electron chi connectivity index (χ2n) is 10.1. The van der Waals surface area contributed by atoms with Crippen molar-refractivity contribution in [2.24, 2.45) is 0 Å². The molecule has 0 aliphatic rings. The highest BCUT2D eigenvalue weighted by atomic mass is 32.1. The molecule has 1 heterocycles.